The van der Waals surface area contributed by atoms with Crippen LogP contribution in [0.4, 0.5) is 0 Å². The summed E-state index contributed by atoms with van der Waals surface area (Å²) in [5.41, 5.74) is 2.33. The molecule has 116 valence electrons. The van der Waals surface area contributed by atoms with E-state index in [0.29, 0.717) is 5.92 Å². The summed E-state index contributed by atoms with van der Waals surface area (Å²) in [7, 11) is 2.18. The van der Waals surface area contributed by atoms with Crippen molar-refractivity contribution in [2.75, 3.05) is 20.1 Å². The second-order valence-corrected chi connectivity index (χ2v) is 6.26. The maximum absolute atomic E-state index is 6.07. The lowest BCUT2D eigenvalue weighted by molar-refractivity contribution is 0.324. The zero-order chi connectivity index (χ0) is 15.2. The van der Waals surface area contributed by atoms with Crippen LogP contribution in [0, 0.1) is 5.92 Å². The minimum atomic E-state index is 0.653. The molecule has 1 aromatic heterocycles. The molecule has 0 fully saturated rings. The predicted molar refractivity (Wildman–Crippen MR) is 89.4 cm³/mol. The van der Waals surface area contributed by atoms with Crippen molar-refractivity contribution in [2.24, 2.45) is 5.92 Å². The highest BCUT2D eigenvalue weighted by Crippen LogP contribution is 2.27. The normalized spacial score (nSPS) is 11.9. The molecule has 0 saturated carbocycles. The van der Waals surface area contributed by atoms with Crippen LogP contribution in [-0.4, -0.2) is 25.0 Å². The highest BCUT2D eigenvalue weighted by atomic mass is 16.3. The average molecular weight is 288 g/mol. The Kier molecular flexibility index (Phi) is 5.83. The second kappa shape index (κ2) is 7.62. The molecule has 1 heterocycles. The third-order valence-electron chi connectivity index (χ3n) is 3.65. The van der Waals surface area contributed by atoms with E-state index < -0.39 is 0 Å². The van der Waals surface area contributed by atoms with Crippen molar-refractivity contribution in [3.05, 3.63) is 35.6 Å². The number of nitrogens with one attached hydrogen (secondary N) is 1. The molecule has 0 radical (unpaired) electrons. The molecule has 1 N–H and O–H groups in total. The lowest BCUT2D eigenvalue weighted by Gasteiger charge is -2.16. The number of hydrogen-bond donors (Lipinski definition) is 1. The van der Waals surface area contributed by atoms with Crippen LogP contribution in [0.2, 0.25) is 0 Å². The molecule has 0 aliphatic carbocycles. The summed E-state index contributed by atoms with van der Waals surface area (Å²) in [6.07, 6.45) is 1.17. The fraction of sp³-hybridized carbons (Fsp3) is 0.556. The largest absolute Gasteiger partial charge is 0.459 e. The van der Waals surface area contributed by atoms with Crippen LogP contribution in [0.25, 0.3) is 11.0 Å². The molecule has 21 heavy (non-hydrogen) atoms. The Morgan fingerprint density at radius 1 is 1.24 bits per heavy atom. The summed E-state index contributed by atoms with van der Waals surface area (Å²) in [4.78, 5) is 2.36. The van der Waals surface area contributed by atoms with Crippen molar-refractivity contribution < 1.29 is 4.42 Å². The van der Waals surface area contributed by atoms with E-state index in [0.717, 1.165) is 37.5 Å². The number of fused-ring (bicyclic) bond motifs is 1. The molecular weight excluding hydrogens is 260 g/mol. The SMILES string of the molecule is CCCN(C)Cc1c(CNCC(C)C)oc2ccccc12. The van der Waals surface area contributed by atoms with Crippen LogP contribution in [0.5, 0.6) is 0 Å². The lowest BCUT2D eigenvalue weighted by atomic mass is 10.1. The Hall–Kier alpha value is -1.32. The topological polar surface area (TPSA) is 28.4 Å². The number of furan rings is 1. The molecule has 3 nitrogen and oxygen atoms in total. The first-order chi connectivity index (χ1) is 10.1. The first kappa shape index (κ1) is 16.1. The monoisotopic (exact) mass is 288 g/mol. The standard InChI is InChI=1S/C18H28N2O/c1-5-10-20(4)13-16-15-8-6-7-9-17(15)21-18(16)12-19-11-14(2)3/h6-9,14,19H,5,10-13H2,1-4H3. The van der Waals surface area contributed by atoms with Gasteiger partial charge in [0.05, 0.1) is 6.54 Å². The van der Waals surface area contributed by atoms with E-state index in [-0.39, 0.29) is 0 Å². The van der Waals surface area contributed by atoms with Crippen LogP contribution in [0.15, 0.2) is 28.7 Å². The summed E-state index contributed by atoms with van der Waals surface area (Å²) in [5.74, 6) is 1.74. The average Bonchev–Trinajstić information content (AvgIpc) is 2.77. The highest BCUT2D eigenvalue weighted by molar-refractivity contribution is 5.82. The van der Waals surface area contributed by atoms with E-state index in [9.17, 15) is 0 Å². The van der Waals surface area contributed by atoms with Crippen molar-refractivity contribution >= 4 is 11.0 Å². The molecule has 3 heteroatoms. The molecule has 0 amide bonds. The first-order valence-corrected chi connectivity index (χ1v) is 8.00. The van der Waals surface area contributed by atoms with Gasteiger partial charge in [-0.25, -0.2) is 0 Å². The highest BCUT2D eigenvalue weighted by Gasteiger charge is 2.15. The summed E-state index contributed by atoms with van der Waals surface area (Å²) in [5, 5.41) is 4.75. The van der Waals surface area contributed by atoms with Crippen LogP contribution < -0.4 is 5.32 Å². The minimum absolute atomic E-state index is 0.653. The fourth-order valence-corrected chi connectivity index (χ4v) is 2.67. The maximum atomic E-state index is 6.07. The molecule has 0 spiro atoms. The van der Waals surface area contributed by atoms with Gasteiger partial charge in [0.25, 0.3) is 0 Å². The van der Waals surface area contributed by atoms with Gasteiger partial charge in [-0.05, 0) is 38.5 Å². The molecule has 0 atom stereocenters. The van der Waals surface area contributed by atoms with Crippen LogP contribution in [0.1, 0.15) is 38.5 Å². The number of rotatable bonds is 8. The molecule has 0 aliphatic heterocycles. The molecule has 0 bridgehead atoms. The van der Waals surface area contributed by atoms with Crippen LogP contribution in [-0.2, 0) is 13.1 Å². The molecule has 1 aromatic carbocycles. The van der Waals surface area contributed by atoms with Gasteiger partial charge in [0.1, 0.15) is 11.3 Å². The van der Waals surface area contributed by atoms with E-state index in [2.05, 4.69) is 56.2 Å². The van der Waals surface area contributed by atoms with Crippen molar-refractivity contribution in [1.29, 1.82) is 0 Å². The Labute approximate surface area is 128 Å². The van der Waals surface area contributed by atoms with E-state index in [1.807, 2.05) is 6.07 Å². The van der Waals surface area contributed by atoms with Gasteiger partial charge in [-0.15, -0.1) is 0 Å². The Morgan fingerprint density at radius 3 is 2.71 bits per heavy atom. The van der Waals surface area contributed by atoms with Crippen molar-refractivity contribution in [3.63, 3.8) is 0 Å². The Balaban J connectivity index is 2.21. The number of para-hydroxylation sites is 1. The van der Waals surface area contributed by atoms with Crippen LogP contribution >= 0.6 is 0 Å². The zero-order valence-corrected chi connectivity index (χ0v) is 13.8. The number of benzene rings is 1. The molecule has 0 saturated heterocycles. The van der Waals surface area contributed by atoms with Gasteiger partial charge < -0.3 is 14.6 Å². The van der Waals surface area contributed by atoms with Crippen molar-refractivity contribution in [3.8, 4) is 0 Å². The molecule has 0 unspecified atom stereocenters. The molecule has 2 aromatic rings. The zero-order valence-electron chi connectivity index (χ0n) is 13.8. The van der Waals surface area contributed by atoms with Crippen molar-refractivity contribution in [2.45, 2.75) is 40.3 Å². The fourth-order valence-electron chi connectivity index (χ4n) is 2.67. The third-order valence-corrected chi connectivity index (χ3v) is 3.65. The van der Waals surface area contributed by atoms with Gasteiger partial charge in [-0.3, -0.25) is 0 Å². The lowest BCUT2D eigenvalue weighted by Crippen LogP contribution is -2.22. The predicted octanol–water partition coefficient (Wildman–Crippen LogP) is 4.02. The first-order valence-electron chi connectivity index (χ1n) is 8.00. The number of hydrogen-bond acceptors (Lipinski definition) is 3. The van der Waals surface area contributed by atoms with E-state index in [1.165, 1.54) is 17.4 Å². The molecule has 0 aliphatic rings. The van der Waals surface area contributed by atoms with Gasteiger partial charge in [-0.1, -0.05) is 39.0 Å². The van der Waals surface area contributed by atoms with Crippen LogP contribution in [0.3, 0.4) is 0 Å². The maximum Gasteiger partial charge on any atom is 0.134 e. The summed E-state index contributed by atoms with van der Waals surface area (Å²) in [6, 6.07) is 8.35. The minimum Gasteiger partial charge on any atom is -0.459 e. The van der Waals surface area contributed by atoms with Gasteiger partial charge >= 0.3 is 0 Å². The number of nitrogens with zero attached hydrogens (tertiary/aromatic N) is 1. The van der Waals surface area contributed by atoms with Gasteiger partial charge in [0.15, 0.2) is 0 Å². The second-order valence-electron chi connectivity index (χ2n) is 6.26. The quantitative estimate of drug-likeness (QED) is 0.795. The van der Waals surface area contributed by atoms with Gasteiger partial charge in [0, 0.05) is 17.5 Å². The van der Waals surface area contributed by atoms with E-state index >= 15 is 0 Å². The van der Waals surface area contributed by atoms with E-state index in [4.69, 9.17) is 4.42 Å². The summed E-state index contributed by atoms with van der Waals surface area (Å²) >= 11 is 0. The summed E-state index contributed by atoms with van der Waals surface area (Å²) in [6.45, 7) is 10.5. The third kappa shape index (κ3) is 4.32. The Morgan fingerprint density at radius 2 is 2.00 bits per heavy atom. The van der Waals surface area contributed by atoms with Crippen molar-refractivity contribution in [1.82, 2.24) is 10.2 Å². The smallest absolute Gasteiger partial charge is 0.134 e. The Bertz CT molecular complexity index is 559. The molecule has 2 rings (SSSR count). The van der Waals surface area contributed by atoms with E-state index in [1.54, 1.807) is 0 Å². The van der Waals surface area contributed by atoms with Gasteiger partial charge in [0.2, 0.25) is 0 Å². The summed E-state index contributed by atoms with van der Waals surface area (Å²) < 4.78 is 6.07. The molecular formula is C18H28N2O. The van der Waals surface area contributed by atoms with Gasteiger partial charge in [-0.2, -0.15) is 0 Å².